The monoisotopic (exact) mass is 321 g/mol. The van der Waals surface area contributed by atoms with Crippen molar-refractivity contribution in [2.24, 2.45) is 5.92 Å². The highest BCUT2D eigenvalue weighted by atomic mass is 32.2. The molecular weight excluding hydrogens is 306 g/mol. The Morgan fingerprint density at radius 2 is 2.00 bits per heavy atom. The van der Waals surface area contributed by atoms with Gasteiger partial charge in [-0.2, -0.15) is 0 Å². The second-order valence-electron chi connectivity index (χ2n) is 5.00. The van der Waals surface area contributed by atoms with Gasteiger partial charge in [-0.15, -0.1) is 11.8 Å². The lowest BCUT2D eigenvalue weighted by Gasteiger charge is -2.32. The highest BCUT2D eigenvalue weighted by Crippen LogP contribution is 2.48. The first-order chi connectivity index (χ1) is 10.1. The molecule has 2 heterocycles. The molecule has 6 heteroatoms. The molecule has 2 aromatic rings. The Bertz CT molecular complexity index is 704. The SMILES string of the molecule is COc1ccc(C2c3sc(=O)[nH]c3SC(C)C2C=O)cc1. The van der Waals surface area contributed by atoms with Gasteiger partial charge < -0.3 is 14.5 Å². The third kappa shape index (κ3) is 2.53. The zero-order chi connectivity index (χ0) is 15.0. The van der Waals surface area contributed by atoms with Crippen molar-refractivity contribution in [3.63, 3.8) is 0 Å². The molecule has 0 bridgehead atoms. The van der Waals surface area contributed by atoms with E-state index in [-0.39, 0.29) is 22.0 Å². The van der Waals surface area contributed by atoms with E-state index in [9.17, 15) is 9.59 Å². The number of nitrogens with one attached hydrogen (secondary N) is 1. The molecule has 3 atom stereocenters. The van der Waals surface area contributed by atoms with E-state index >= 15 is 0 Å². The number of hydrogen-bond acceptors (Lipinski definition) is 5. The third-order valence-electron chi connectivity index (χ3n) is 3.79. The van der Waals surface area contributed by atoms with Crippen LogP contribution in [-0.4, -0.2) is 23.6 Å². The van der Waals surface area contributed by atoms with Gasteiger partial charge in [0.15, 0.2) is 0 Å². The zero-order valence-corrected chi connectivity index (χ0v) is 13.3. The fourth-order valence-corrected chi connectivity index (χ4v) is 5.10. The molecule has 0 saturated carbocycles. The lowest BCUT2D eigenvalue weighted by Crippen LogP contribution is -2.28. The van der Waals surface area contributed by atoms with Crippen LogP contribution in [-0.2, 0) is 4.79 Å². The lowest BCUT2D eigenvalue weighted by atomic mass is 9.83. The topological polar surface area (TPSA) is 59.2 Å². The summed E-state index contributed by atoms with van der Waals surface area (Å²) in [4.78, 5) is 27.0. The van der Waals surface area contributed by atoms with Crippen molar-refractivity contribution in [3.05, 3.63) is 44.4 Å². The smallest absolute Gasteiger partial charge is 0.305 e. The molecule has 4 nitrogen and oxygen atoms in total. The van der Waals surface area contributed by atoms with Crippen LogP contribution in [0.25, 0.3) is 0 Å². The number of carbonyl (C=O) groups excluding carboxylic acids is 1. The Balaban J connectivity index is 2.11. The normalized spacial score (nSPS) is 24.4. The number of thiazole rings is 1. The number of carbonyl (C=O) groups is 1. The molecule has 0 saturated heterocycles. The molecule has 1 aliphatic heterocycles. The average molecular weight is 321 g/mol. The first-order valence-corrected chi connectivity index (χ1v) is 8.32. The molecule has 0 amide bonds. The highest BCUT2D eigenvalue weighted by Gasteiger charge is 2.38. The van der Waals surface area contributed by atoms with Crippen LogP contribution in [0.1, 0.15) is 23.3 Å². The number of H-pyrrole nitrogens is 1. The van der Waals surface area contributed by atoms with E-state index in [2.05, 4.69) is 4.98 Å². The predicted molar refractivity (Wildman–Crippen MR) is 84.6 cm³/mol. The van der Waals surface area contributed by atoms with Crippen molar-refractivity contribution >= 4 is 29.4 Å². The van der Waals surface area contributed by atoms with Gasteiger partial charge >= 0.3 is 4.87 Å². The number of ether oxygens (including phenoxy) is 1. The van der Waals surface area contributed by atoms with Crippen molar-refractivity contribution in [2.75, 3.05) is 7.11 Å². The Morgan fingerprint density at radius 3 is 2.62 bits per heavy atom. The molecule has 3 unspecified atom stereocenters. The van der Waals surface area contributed by atoms with E-state index in [1.165, 1.54) is 11.3 Å². The second-order valence-corrected chi connectivity index (χ2v) is 7.40. The van der Waals surface area contributed by atoms with Gasteiger partial charge in [-0.1, -0.05) is 30.4 Å². The van der Waals surface area contributed by atoms with Gasteiger partial charge in [0.05, 0.1) is 12.1 Å². The molecule has 0 fully saturated rings. The van der Waals surface area contributed by atoms with E-state index in [4.69, 9.17) is 4.74 Å². The van der Waals surface area contributed by atoms with E-state index in [0.29, 0.717) is 0 Å². The molecule has 21 heavy (non-hydrogen) atoms. The Morgan fingerprint density at radius 1 is 1.29 bits per heavy atom. The van der Waals surface area contributed by atoms with Crippen LogP contribution in [0.4, 0.5) is 0 Å². The Labute approximate surface area is 130 Å². The first-order valence-electron chi connectivity index (χ1n) is 6.63. The highest BCUT2D eigenvalue weighted by molar-refractivity contribution is 8.00. The number of rotatable bonds is 3. The van der Waals surface area contributed by atoms with Crippen LogP contribution in [0.2, 0.25) is 0 Å². The summed E-state index contributed by atoms with van der Waals surface area (Å²) in [7, 11) is 1.62. The van der Waals surface area contributed by atoms with Crippen LogP contribution < -0.4 is 9.61 Å². The maximum absolute atomic E-state index is 11.7. The van der Waals surface area contributed by atoms with Gasteiger partial charge in [0.1, 0.15) is 12.0 Å². The van der Waals surface area contributed by atoms with E-state index in [0.717, 1.165) is 27.5 Å². The maximum atomic E-state index is 11.7. The largest absolute Gasteiger partial charge is 0.497 e. The molecule has 1 N–H and O–H groups in total. The third-order valence-corrected chi connectivity index (χ3v) is 6.13. The van der Waals surface area contributed by atoms with E-state index < -0.39 is 0 Å². The molecule has 0 aliphatic carbocycles. The van der Waals surface area contributed by atoms with Gasteiger partial charge in [0.25, 0.3) is 0 Å². The Kier molecular flexibility index (Phi) is 3.91. The molecule has 0 spiro atoms. The number of aromatic nitrogens is 1. The van der Waals surface area contributed by atoms with Gasteiger partial charge in [-0.05, 0) is 17.7 Å². The van der Waals surface area contributed by atoms with Crippen molar-refractivity contribution in [3.8, 4) is 5.75 Å². The standard InChI is InChI=1S/C15H15NO3S2/c1-8-11(7-17)12(9-3-5-10(19-2)6-4-9)13-14(20-8)16-15(18)21-13/h3-8,11-12H,1-2H3,(H,16,18). The number of thioether (sulfide) groups is 1. The number of fused-ring (bicyclic) bond motifs is 1. The van der Waals surface area contributed by atoms with Crippen LogP contribution in [0.15, 0.2) is 34.1 Å². The molecule has 1 aromatic heterocycles. The maximum Gasteiger partial charge on any atom is 0.305 e. The molecule has 3 rings (SSSR count). The van der Waals surface area contributed by atoms with Gasteiger partial charge in [0.2, 0.25) is 0 Å². The fourth-order valence-electron chi connectivity index (χ4n) is 2.70. The zero-order valence-electron chi connectivity index (χ0n) is 11.7. The van der Waals surface area contributed by atoms with E-state index in [1.807, 2.05) is 31.2 Å². The Hall–Kier alpha value is -1.53. The molecule has 110 valence electrons. The van der Waals surface area contributed by atoms with E-state index in [1.54, 1.807) is 18.9 Å². The summed E-state index contributed by atoms with van der Waals surface area (Å²) in [6.45, 7) is 2.03. The molecule has 0 radical (unpaired) electrons. The van der Waals surface area contributed by atoms with Crippen LogP contribution in [0, 0.1) is 5.92 Å². The summed E-state index contributed by atoms with van der Waals surface area (Å²) in [5, 5.41) is 1.03. The minimum Gasteiger partial charge on any atom is -0.497 e. The van der Waals surface area contributed by atoms with Gasteiger partial charge in [0, 0.05) is 22.0 Å². The van der Waals surface area contributed by atoms with Crippen molar-refractivity contribution < 1.29 is 9.53 Å². The number of aldehydes is 1. The second kappa shape index (κ2) is 5.69. The fraction of sp³-hybridized carbons (Fsp3) is 0.333. The minimum absolute atomic E-state index is 0.0650. The van der Waals surface area contributed by atoms with Gasteiger partial charge in [-0.3, -0.25) is 4.79 Å². The van der Waals surface area contributed by atoms with Crippen LogP contribution in [0.5, 0.6) is 5.75 Å². The number of methoxy groups -OCH3 is 1. The van der Waals surface area contributed by atoms with Gasteiger partial charge in [-0.25, -0.2) is 0 Å². The summed E-state index contributed by atoms with van der Waals surface area (Å²) >= 11 is 2.77. The quantitative estimate of drug-likeness (QED) is 0.883. The summed E-state index contributed by atoms with van der Waals surface area (Å²) < 4.78 is 5.18. The molecule has 1 aliphatic rings. The van der Waals surface area contributed by atoms with Crippen LogP contribution >= 0.6 is 23.1 Å². The molecular formula is C15H15NO3S2. The minimum atomic E-state index is -0.137. The summed E-state index contributed by atoms with van der Waals surface area (Å²) in [5.41, 5.74) is 1.04. The average Bonchev–Trinajstić information content (AvgIpc) is 2.85. The number of benzene rings is 1. The summed E-state index contributed by atoms with van der Waals surface area (Å²) in [6, 6.07) is 7.71. The first kappa shape index (κ1) is 14.4. The summed E-state index contributed by atoms with van der Waals surface area (Å²) in [6.07, 6.45) is 1.01. The van der Waals surface area contributed by atoms with Crippen molar-refractivity contribution in [2.45, 2.75) is 23.1 Å². The summed E-state index contributed by atoms with van der Waals surface area (Å²) in [5.74, 6) is 0.577. The number of aromatic amines is 1. The van der Waals surface area contributed by atoms with Crippen molar-refractivity contribution in [1.82, 2.24) is 4.98 Å². The predicted octanol–water partition coefficient (Wildman–Crippen LogP) is 2.89. The molecule has 1 aromatic carbocycles. The number of hydrogen-bond donors (Lipinski definition) is 1. The van der Waals surface area contributed by atoms with Crippen molar-refractivity contribution in [1.29, 1.82) is 0 Å². The lowest BCUT2D eigenvalue weighted by molar-refractivity contribution is -0.111. The van der Waals surface area contributed by atoms with Crippen LogP contribution in [0.3, 0.4) is 0 Å².